The number of piperidine rings is 1. The first-order valence-electron chi connectivity index (χ1n) is 10.8. The van der Waals surface area contributed by atoms with Crippen LogP contribution in [-0.4, -0.2) is 67.3 Å². The van der Waals surface area contributed by atoms with Crippen molar-refractivity contribution in [1.29, 1.82) is 0 Å². The van der Waals surface area contributed by atoms with Crippen LogP contribution in [-0.2, 0) is 19.1 Å². The zero-order valence-electron chi connectivity index (χ0n) is 20.2. The van der Waals surface area contributed by atoms with Gasteiger partial charge in [-0.3, -0.25) is 9.59 Å². The van der Waals surface area contributed by atoms with Crippen LogP contribution in [0.2, 0.25) is 0 Å². The Bertz CT molecular complexity index is 584. The molecule has 176 valence electrons. The maximum atomic E-state index is 12.3. The quantitative estimate of drug-likeness (QED) is 0.419. The maximum absolute atomic E-state index is 12.3. The fourth-order valence-corrected chi connectivity index (χ4v) is 4.53. The van der Waals surface area contributed by atoms with Crippen LogP contribution >= 0.6 is 0 Å². The van der Waals surface area contributed by atoms with E-state index in [1.54, 1.807) is 6.92 Å². The first-order chi connectivity index (χ1) is 13.5. The Morgan fingerprint density at radius 2 is 1.53 bits per heavy atom. The van der Waals surface area contributed by atoms with Gasteiger partial charge in [-0.25, -0.2) is 0 Å². The van der Waals surface area contributed by atoms with Gasteiger partial charge in [0.2, 0.25) is 0 Å². The molecule has 1 saturated heterocycles. The van der Waals surface area contributed by atoms with Crippen LogP contribution in [0.5, 0.6) is 0 Å². The van der Waals surface area contributed by atoms with Crippen LogP contribution in [0.4, 0.5) is 0 Å². The van der Waals surface area contributed by atoms with Crippen molar-refractivity contribution in [2.75, 3.05) is 0 Å². The normalized spacial score (nSPS) is 21.0. The molecule has 0 radical (unpaired) electrons. The van der Waals surface area contributed by atoms with Gasteiger partial charge < -0.3 is 19.9 Å². The molecular formula is C22H42N2O6. The predicted molar refractivity (Wildman–Crippen MR) is 113 cm³/mol. The van der Waals surface area contributed by atoms with Crippen molar-refractivity contribution in [2.24, 2.45) is 0 Å². The highest BCUT2D eigenvalue weighted by molar-refractivity contribution is 5.77. The lowest BCUT2D eigenvalue weighted by Crippen LogP contribution is -2.60. The van der Waals surface area contributed by atoms with E-state index < -0.39 is 34.7 Å². The van der Waals surface area contributed by atoms with Gasteiger partial charge in [0, 0.05) is 41.9 Å². The summed E-state index contributed by atoms with van der Waals surface area (Å²) in [4.78, 5) is 24.4. The Morgan fingerprint density at radius 3 is 2.00 bits per heavy atom. The first-order valence-corrected chi connectivity index (χ1v) is 10.8. The minimum absolute atomic E-state index is 0.0484. The van der Waals surface area contributed by atoms with Crippen LogP contribution in [0.15, 0.2) is 0 Å². The summed E-state index contributed by atoms with van der Waals surface area (Å²) in [5.74, 6) is -0.903. The van der Waals surface area contributed by atoms with Gasteiger partial charge >= 0.3 is 11.9 Å². The molecule has 0 aromatic carbocycles. The minimum atomic E-state index is -0.548. The molecule has 1 aliphatic heterocycles. The van der Waals surface area contributed by atoms with E-state index in [0.29, 0.717) is 19.3 Å². The highest BCUT2D eigenvalue weighted by Gasteiger charge is 2.46. The summed E-state index contributed by atoms with van der Waals surface area (Å²) in [6.07, 6.45) is 0.684. The summed E-state index contributed by atoms with van der Waals surface area (Å²) in [6.45, 7) is 16.9. The number of carbonyl (C=O) groups is 2. The van der Waals surface area contributed by atoms with Crippen LogP contribution in [0.25, 0.3) is 0 Å². The van der Waals surface area contributed by atoms with E-state index >= 15 is 0 Å². The lowest BCUT2D eigenvalue weighted by molar-refractivity contribution is -0.259. The number of hydroxylamine groups is 4. The zero-order chi connectivity index (χ0) is 23.5. The Morgan fingerprint density at radius 1 is 1.07 bits per heavy atom. The number of esters is 2. The van der Waals surface area contributed by atoms with Crippen molar-refractivity contribution in [3.05, 3.63) is 0 Å². The summed E-state index contributed by atoms with van der Waals surface area (Å²) < 4.78 is 11.0. The summed E-state index contributed by atoms with van der Waals surface area (Å²) in [5, 5.41) is 23.1. The third-order valence-electron chi connectivity index (χ3n) is 5.66. The SMILES string of the molecule is CC(CC(C)(C)N(O)C(C)C)OC(=O)CCC(=O)OC1CC(C)(C)N(O)C(C)(C)C1. The van der Waals surface area contributed by atoms with Gasteiger partial charge in [-0.05, 0) is 62.3 Å². The molecule has 0 spiro atoms. The van der Waals surface area contributed by atoms with Gasteiger partial charge in [0.1, 0.15) is 12.2 Å². The standard InChI is InChI=1S/C22H42N2O6/c1-15(2)23(27)20(4,5)12-16(3)29-18(25)10-11-19(26)30-17-13-21(6,7)24(28)22(8,9)14-17/h15-17,27-28H,10-14H2,1-9H3. The number of carbonyl (C=O) groups excluding carboxylic acids is 2. The molecule has 0 bridgehead atoms. The largest absolute Gasteiger partial charge is 0.463 e. The van der Waals surface area contributed by atoms with Crippen molar-refractivity contribution >= 4 is 11.9 Å². The lowest BCUT2D eigenvalue weighted by Gasteiger charge is -2.50. The number of hydrogen-bond donors (Lipinski definition) is 2. The molecule has 2 N–H and O–H groups in total. The Labute approximate surface area is 181 Å². The second-order valence-electron chi connectivity index (χ2n) is 10.7. The molecular weight excluding hydrogens is 388 g/mol. The van der Waals surface area contributed by atoms with Crippen LogP contribution < -0.4 is 0 Å². The van der Waals surface area contributed by atoms with E-state index in [1.165, 1.54) is 10.1 Å². The van der Waals surface area contributed by atoms with E-state index in [0.717, 1.165) is 0 Å². The summed E-state index contributed by atoms with van der Waals surface area (Å²) in [5.41, 5.74) is -1.57. The first kappa shape index (κ1) is 26.8. The Hall–Kier alpha value is -1.22. The number of ether oxygens (including phenoxy) is 2. The molecule has 8 nitrogen and oxygen atoms in total. The predicted octanol–water partition coefficient (Wildman–Crippen LogP) is 3.92. The van der Waals surface area contributed by atoms with Crippen molar-refractivity contribution < 1.29 is 29.5 Å². The zero-order valence-corrected chi connectivity index (χ0v) is 20.2. The average Bonchev–Trinajstić information content (AvgIpc) is 2.55. The lowest BCUT2D eigenvalue weighted by atomic mass is 9.80. The van der Waals surface area contributed by atoms with Gasteiger partial charge in [0.15, 0.2) is 0 Å². The third kappa shape index (κ3) is 7.48. The van der Waals surface area contributed by atoms with E-state index in [9.17, 15) is 20.0 Å². The molecule has 1 aliphatic rings. The molecule has 0 aliphatic carbocycles. The molecule has 1 fully saturated rings. The minimum Gasteiger partial charge on any atom is -0.463 e. The highest BCUT2D eigenvalue weighted by atomic mass is 16.6. The summed E-state index contributed by atoms with van der Waals surface area (Å²) in [6, 6.07) is -0.0506. The van der Waals surface area contributed by atoms with E-state index in [1.807, 2.05) is 55.4 Å². The Kier molecular flexibility index (Phi) is 8.88. The van der Waals surface area contributed by atoms with Crippen LogP contribution in [0.1, 0.15) is 94.4 Å². The van der Waals surface area contributed by atoms with Gasteiger partial charge in [0.05, 0.1) is 12.8 Å². The van der Waals surface area contributed by atoms with Crippen molar-refractivity contribution in [3.8, 4) is 0 Å². The van der Waals surface area contributed by atoms with Crippen LogP contribution in [0, 0.1) is 0 Å². The highest BCUT2D eigenvalue weighted by Crippen LogP contribution is 2.38. The van der Waals surface area contributed by atoms with Crippen molar-refractivity contribution in [2.45, 2.75) is 129 Å². The average molecular weight is 431 g/mol. The molecule has 1 unspecified atom stereocenters. The molecule has 30 heavy (non-hydrogen) atoms. The molecule has 1 atom stereocenters. The van der Waals surface area contributed by atoms with Gasteiger partial charge in [0.25, 0.3) is 0 Å². The molecule has 0 aromatic heterocycles. The molecule has 0 amide bonds. The topological polar surface area (TPSA) is 99.5 Å². The van der Waals surface area contributed by atoms with Crippen LogP contribution in [0.3, 0.4) is 0 Å². The second kappa shape index (κ2) is 9.94. The molecule has 8 heteroatoms. The van der Waals surface area contributed by atoms with E-state index in [4.69, 9.17) is 9.47 Å². The molecule has 1 heterocycles. The second-order valence-corrected chi connectivity index (χ2v) is 10.7. The number of hydrogen-bond acceptors (Lipinski definition) is 8. The van der Waals surface area contributed by atoms with E-state index in [-0.39, 0.29) is 25.0 Å². The van der Waals surface area contributed by atoms with Crippen molar-refractivity contribution in [1.82, 2.24) is 10.1 Å². The van der Waals surface area contributed by atoms with Gasteiger partial charge in [-0.15, -0.1) is 0 Å². The van der Waals surface area contributed by atoms with Crippen molar-refractivity contribution in [3.63, 3.8) is 0 Å². The monoisotopic (exact) mass is 430 g/mol. The third-order valence-corrected chi connectivity index (χ3v) is 5.66. The number of rotatable bonds is 9. The smallest absolute Gasteiger partial charge is 0.306 e. The van der Waals surface area contributed by atoms with E-state index in [2.05, 4.69) is 0 Å². The van der Waals surface area contributed by atoms with Gasteiger partial charge in [-0.2, -0.15) is 10.1 Å². The number of nitrogens with zero attached hydrogens (tertiary/aromatic N) is 2. The fraction of sp³-hybridized carbons (Fsp3) is 0.909. The summed E-state index contributed by atoms with van der Waals surface area (Å²) >= 11 is 0. The summed E-state index contributed by atoms with van der Waals surface area (Å²) in [7, 11) is 0. The molecule has 0 saturated carbocycles. The maximum Gasteiger partial charge on any atom is 0.306 e. The Balaban J connectivity index is 2.47. The molecule has 1 rings (SSSR count). The molecule has 0 aromatic rings. The van der Waals surface area contributed by atoms with Gasteiger partial charge in [-0.1, -0.05) is 0 Å². The fourth-order valence-electron chi connectivity index (χ4n) is 4.53.